The Balaban J connectivity index is 1.34. The first-order valence-electron chi connectivity index (χ1n) is 13.2. The van der Waals surface area contributed by atoms with Gasteiger partial charge in [0.25, 0.3) is 0 Å². The van der Waals surface area contributed by atoms with Gasteiger partial charge in [-0.15, -0.1) is 0 Å². The van der Waals surface area contributed by atoms with E-state index < -0.39 is 5.60 Å². The first-order chi connectivity index (χ1) is 17.4. The minimum absolute atomic E-state index is 0.0141. The van der Waals surface area contributed by atoms with E-state index in [-0.39, 0.29) is 6.03 Å². The van der Waals surface area contributed by atoms with Crippen molar-refractivity contribution >= 4 is 17.2 Å². The number of carbonyl (C=O) groups excluding carboxylic acids is 1. The molecule has 2 fully saturated rings. The van der Waals surface area contributed by atoms with Crippen LogP contribution in [0.4, 0.5) is 10.5 Å². The molecule has 0 spiro atoms. The topological polar surface area (TPSA) is 76.4 Å². The summed E-state index contributed by atoms with van der Waals surface area (Å²) in [6, 6.07) is 13.1. The Morgan fingerprint density at radius 3 is 2.53 bits per heavy atom. The third kappa shape index (κ3) is 4.80. The second-order valence-corrected chi connectivity index (χ2v) is 10.4. The lowest BCUT2D eigenvalue weighted by atomic mass is 9.84. The number of aliphatic hydroxyl groups is 1. The van der Waals surface area contributed by atoms with Gasteiger partial charge in [-0.2, -0.15) is 5.10 Å². The Kier molecular flexibility index (Phi) is 6.90. The van der Waals surface area contributed by atoms with Crippen LogP contribution in [-0.4, -0.2) is 82.4 Å². The summed E-state index contributed by atoms with van der Waals surface area (Å²) in [7, 11) is 0. The maximum atomic E-state index is 12.2. The number of piperidine rings is 1. The number of hydrogen-bond donors (Lipinski definition) is 2. The minimum Gasteiger partial charge on any atom is -0.384 e. The maximum absolute atomic E-state index is 12.2. The molecule has 0 saturated carbocycles. The molecule has 0 aliphatic carbocycles. The van der Waals surface area contributed by atoms with Crippen LogP contribution in [0.1, 0.15) is 39.2 Å². The summed E-state index contributed by atoms with van der Waals surface area (Å²) in [6.45, 7) is 11.7. The van der Waals surface area contributed by atoms with E-state index in [1.807, 2.05) is 22.5 Å². The predicted octanol–water partition coefficient (Wildman–Crippen LogP) is 3.54. The summed E-state index contributed by atoms with van der Waals surface area (Å²) in [5, 5.41) is 18.8. The second kappa shape index (κ2) is 10.1. The van der Waals surface area contributed by atoms with Crippen molar-refractivity contribution in [1.29, 1.82) is 0 Å². The average molecular weight is 491 g/mol. The summed E-state index contributed by atoms with van der Waals surface area (Å²) in [4.78, 5) is 18.7. The van der Waals surface area contributed by atoms with Crippen molar-refractivity contribution in [2.75, 3.05) is 50.7 Å². The quantitative estimate of drug-likeness (QED) is 0.572. The molecule has 8 heteroatoms. The summed E-state index contributed by atoms with van der Waals surface area (Å²) in [5.41, 5.74) is 4.59. The molecule has 5 rings (SSSR count). The zero-order chi connectivity index (χ0) is 25.3. The van der Waals surface area contributed by atoms with E-state index in [2.05, 4.69) is 76.7 Å². The first kappa shape index (κ1) is 24.6. The van der Waals surface area contributed by atoms with Crippen molar-refractivity contribution < 1.29 is 9.90 Å². The van der Waals surface area contributed by atoms with Crippen LogP contribution in [0.3, 0.4) is 0 Å². The standard InChI is InChI=1S/C28H38N6O2/c1-4-29-27(35)32-16-14-31(15-17-32)25-10-12-30-34-19-23(18-26(25)34)22-6-8-24(9-7-22)28(36)11-5-13-33(20-28)21(2)3/h6-10,12,18-19,21,36H,4-5,11,13-17,20H2,1-3H3,(H,29,35)/t28-/m0/s1. The zero-order valence-corrected chi connectivity index (χ0v) is 21.7. The van der Waals surface area contributed by atoms with Gasteiger partial charge in [0, 0.05) is 63.3 Å². The van der Waals surface area contributed by atoms with Gasteiger partial charge in [-0.25, -0.2) is 9.31 Å². The van der Waals surface area contributed by atoms with Crippen LogP contribution in [0.25, 0.3) is 16.6 Å². The Labute approximate surface area is 213 Å². The van der Waals surface area contributed by atoms with Gasteiger partial charge in [0.15, 0.2) is 0 Å². The number of nitrogens with one attached hydrogen (secondary N) is 1. The first-order valence-corrected chi connectivity index (χ1v) is 13.2. The molecule has 2 saturated heterocycles. The number of nitrogens with zero attached hydrogens (tertiary/aromatic N) is 5. The van der Waals surface area contributed by atoms with Crippen LogP contribution in [0, 0.1) is 0 Å². The van der Waals surface area contributed by atoms with Gasteiger partial charge in [-0.1, -0.05) is 24.3 Å². The molecule has 2 amide bonds. The van der Waals surface area contributed by atoms with Gasteiger partial charge in [-0.05, 0) is 63.4 Å². The number of hydrogen-bond acceptors (Lipinski definition) is 5. The van der Waals surface area contributed by atoms with Crippen molar-refractivity contribution in [3.05, 3.63) is 54.4 Å². The van der Waals surface area contributed by atoms with Crippen molar-refractivity contribution in [3.63, 3.8) is 0 Å². The third-order valence-corrected chi connectivity index (χ3v) is 7.71. The van der Waals surface area contributed by atoms with Crippen molar-refractivity contribution in [2.24, 2.45) is 0 Å². The molecule has 1 atom stereocenters. The minimum atomic E-state index is -0.794. The molecule has 2 aliphatic rings. The fourth-order valence-electron chi connectivity index (χ4n) is 5.56. The van der Waals surface area contributed by atoms with Crippen LogP contribution >= 0.6 is 0 Å². The smallest absolute Gasteiger partial charge is 0.317 e. The van der Waals surface area contributed by atoms with E-state index in [1.54, 1.807) is 0 Å². The van der Waals surface area contributed by atoms with Crippen LogP contribution in [-0.2, 0) is 5.60 Å². The number of carbonyl (C=O) groups is 1. The van der Waals surface area contributed by atoms with E-state index >= 15 is 0 Å². The van der Waals surface area contributed by atoms with Crippen LogP contribution in [0.2, 0.25) is 0 Å². The summed E-state index contributed by atoms with van der Waals surface area (Å²) in [5.74, 6) is 0. The normalized spacial score (nSPS) is 21.4. The second-order valence-electron chi connectivity index (χ2n) is 10.4. The van der Waals surface area contributed by atoms with Gasteiger partial charge in [0.2, 0.25) is 0 Å². The van der Waals surface area contributed by atoms with Crippen LogP contribution < -0.4 is 10.2 Å². The molecule has 192 valence electrons. The molecule has 2 aliphatic heterocycles. The number of urea groups is 1. The number of amides is 2. The molecule has 1 aromatic carbocycles. The van der Waals surface area contributed by atoms with Crippen LogP contribution in [0.15, 0.2) is 48.8 Å². The van der Waals surface area contributed by atoms with Gasteiger partial charge in [0.1, 0.15) is 5.60 Å². The molecule has 4 heterocycles. The average Bonchev–Trinajstić information content (AvgIpc) is 3.34. The largest absolute Gasteiger partial charge is 0.384 e. The summed E-state index contributed by atoms with van der Waals surface area (Å²) >= 11 is 0. The van der Waals surface area contributed by atoms with E-state index in [9.17, 15) is 9.90 Å². The molecule has 2 aromatic heterocycles. The van der Waals surface area contributed by atoms with Crippen molar-refractivity contribution in [3.8, 4) is 11.1 Å². The zero-order valence-electron chi connectivity index (χ0n) is 21.7. The van der Waals surface area contributed by atoms with Gasteiger partial charge < -0.3 is 20.2 Å². The number of fused-ring (bicyclic) bond motifs is 1. The highest BCUT2D eigenvalue weighted by molar-refractivity contribution is 5.80. The van der Waals surface area contributed by atoms with Crippen LogP contribution in [0.5, 0.6) is 0 Å². The highest BCUT2D eigenvalue weighted by Crippen LogP contribution is 2.34. The number of β-amino-alcohol motifs (C(OH)–C–C–N with tert-alkyl or cyclic N) is 1. The number of piperazine rings is 1. The van der Waals surface area contributed by atoms with Crippen molar-refractivity contribution in [1.82, 2.24) is 24.7 Å². The Hall–Kier alpha value is -3.10. The molecule has 0 radical (unpaired) electrons. The monoisotopic (exact) mass is 490 g/mol. The van der Waals surface area contributed by atoms with Gasteiger partial charge >= 0.3 is 6.03 Å². The Morgan fingerprint density at radius 2 is 1.83 bits per heavy atom. The fourth-order valence-corrected chi connectivity index (χ4v) is 5.56. The molecule has 8 nitrogen and oxygen atoms in total. The fraction of sp³-hybridized carbons (Fsp3) is 0.500. The number of anilines is 1. The number of benzene rings is 1. The number of aromatic nitrogens is 2. The van der Waals surface area contributed by atoms with Gasteiger partial charge in [-0.3, -0.25) is 4.90 Å². The Bertz CT molecular complexity index is 1200. The summed E-state index contributed by atoms with van der Waals surface area (Å²) in [6.07, 6.45) is 5.71. The van der Waals surface area contributed by atoms with Crippen molar-refractivity contribution in [2.45, 2.75) is 45.3 Å². The molecule has 2 N–H and O–H groups in total. The molecular weight excluding hydrogens is 452 g/mol. The van der Waals surface area contributed by atoms with E-state index in [0.29, 0.717) is 32.2 Å². The SMILES string of the molecule is CCNC(=O)N1CCN(c2ccnn3cc(-c4ccc([C@]5(O)CCCN(C(C)C)C5)cc4)cc23)CC1. The number of rotatable bonds is 5. The van der Waals surface area contributed by atoms with Gasteiger partial charge in [0.05, 0.1) is 11.2 Å². The molecule has 3 aromatic rings. The molecular formula is C28H38N6O2. The molecule has 0 bridgehead atoms. The lowest BCUT2D eigenvalue weighted by molar-refractivity contribution is -0.0445. The molecule has 0 unspecified atom stereocenters. The lowest BCUT2D eigenvalue weighted by Gasteiger charge is -2.41. The molecule has 36 heavy (non-hydrogen) atoms. The lowest BCUT2D eigenvalue weighted by Crippen LogP contribution is -2.51. The van der Waals surface area contributed by atoms with E-state index in [0.717, 1.165) is 60.4 Å². The highest BCUT2D eigenvalue weighted by Gasteiger charge is 2.35. The highest BCUT2D eigenvalue weighted by atomic mass is 16.3. The maximum Gasteiger partial charge on any atom is 0.317 e. The Morgan fingerprint density at radius 1 is 1.08 bits per heavy atom. The predicted molar refractivity (Wildman–Crippen MR) is 143 cm³/mol. The van der Waals surface area contributed by atoms with E-state index in [4.69, 9.17) is 0 Å². The number of likely N-dealkylation sites (tertiary alicyclic amines) is 1. The summed E-state index contributed by atoms with van der Waals surface area (Å²) < 4.78 is 1.93. The third-order valence-electron chi connectivity index (χ3n) is 7.71. The van der Waals surface area contributed by atoms with E-state index in [1.165, 1.54) is 0 Å².